The Morgan fingerprint density at radius 3 is 1.50 bits per heavy atom. The molecule has 0 spiro atoms. The van der Waals surface area contributed by atoms with Gasteiger partial charge in [-0.3, -0.25) is 13.7 Å². The van der Waals surface area contributed by atoms with Gasteiger partial charge in [0.05, 0.1) is 16.3 Å². The predicted molar refractivity (Wildman–Crippen MR) is 199 cm³/mol. The van der Waals surface area contributed by atoms with Crippen molar-refractivity contribution in [3.63, 3.8) is 0 Å². The van der Waals surface area contributed by atoms with Gasteiger partial charge in [-0.1, -0.05) is 18.2 Å². The Bertz CT molecular complexity index is 2970. The third-order valence-electron chi connectivity index (χ3n) is 7.92. The van der Waals surface area contributed by atoms with E-state index in [0.29, 0.717) is 5.69 Å². The fourth-order valence-corrected chi connectivity index (χ4v) is 7.23. The Labute approximate surface area is 340 Å². The van der Waals surface area contributed by atoms with Crippen molar-refractivity contribution < 1.29 is 83.5 Å². The average molecular weight is 830 g/mol. The first-order chi connectivity index (χ1) is 25.8. The molecule has 0 aliphatic carbocycles. The summed E-state index contributed by atoms with van der Waals surface area (Å²) in [6.45, 7) is 1.44. The molecule has 6 aromatic rings. The zero-order chi connectivity index (χ0) is 39.9. The summed E-state index contributed by atoms with van der Waals surface area (Å²) in [5, 5.41) is 42.7. The molecular weight excluding hydrogens is 804 g/mol. The van der Waals surface area contributed by atoms with Crippen LogP contribution in [0, 0.1) is 6.92 Å². The van der Waals surface area contributed by atoms with Crippen LogP contribution in [0.15, 0.2) is 132 Å². The zero-order valence-corrected chi connectivity index (χ0v) is 33.3. The number of hydrogen-bond acceptors (Lipinski definition) is 13. The molecule has 56 heavy (non-hydrogen) atoms. The predicted octanol–water partition coefficient (Wildman–Crippen LogP) is 4.93. The number of nitrogens with one attached hydrogen (secondary N) is 2. The zero-order valence-electron chi connectivity index (χ0n) is 28.8. The third-order valence-corrected chi connectivity index (χ3v) is 10.5. The molecule has 282 valence electrons. The first-order valence-electron chi connectivity index (χ1n) is 15.4. The number of phenols is 2. The van der Waals surface area contributed by atoms with Gasteiger partial charge in [0, 0.05) is 22.1 Å². The fraction of sp³-hybridized carbons (Fsp3) is 0.0294. The van der Waals surface area contributed by atoms with Gasteiger partial charge < -0.3 is 20.8 Å². The fourth-order valence-electron chi connectivity index (χ4n) is 5.35. The SMILES string of the molecule is Cc1cc(S(=O)(=O)O)ccc1N=Nc1c(S(=O)(=O)O)cc2cc(NC(=O)Nc3ccc4c(O)c(N=Nc5ccccc5)c(S(=O)(=O)O)cc4c3)ccc2c1O.[Na+]. The van der Waals surface area contributed by atoms with Crippen molar-refractivity contribution in [2.45, 2.75) is 21.6 Å². The molecule has 0 saturated heterocycles. The molecule has 7 N–H and O–H groups in total. The summed E-state index contributed by atoms with van der Waals surface area (Å²) in [5.74, 6) is -1.30. The summed E-state index contributed by atoms with van der Waals surface area (Å²) in [7, 11) is -14.4. The monoisotopic (exact) mass is 829 g/mol. The Morgan fingerprint density at radius 2 is 1.05 bits per heavy atom. The summed E-state index contributed by atoms with van der Waals surface area (Å²) in [6.07, 6.45) is 0. The smallest absolute Gasteiger partial charge is 0.505 e. The van der Waals surface area contributed by atoms with E-state index in [4.69, 9.17) is 0 Å². The van der Waals surface area contributed by atoms with Crippen LogP contribution < -0.4 is 40.2 Å². The van der Waals surface area contributed by atoms with Crippen molar-refractivity contribution in [1.29, 1.82) is 0 Å². The number of phenolic OH excluding ortho intramolecular Hbond substituents is 2. The van der Waals surface area contributed by atoms with Crippen LogP contribution in [0.3, 0.4) is 0 Å². The summed E-state index contributed by atoms with van der Waals surface area (Å²) >= 11 is 0. The van der Waals surface area contributed by atoms with Gasteiger partial charge in [0.15, 0.2) is 11.5 Å². The molecule has 0 aliphatic heterocycles. The van der Waals surface area contributed by atoms with Gasteiger partial charge in [0.25, 0.3) is 30.4 Å². The standard InChI is InChI=1S/C34H26N6O12S3.Na/c1-18-13-24(53(44,45)46)9-12-27(18)38-40-31-29(55(50,51)52)17-20-15-23(8-11-26(20)33(31)42)36-34(43)35-22-7-10-25-19(14-22)16-28(54(47,48)49)30(32(25)41)39-37-21-5-3-2-4-6-21;/h2-17,41-42H,1H3,(H2,35,36,43)(H,44,45,46)(H,47,48,49)(H,50,51,52);/q;+1. The van der Waals surface area contributed by atoms with Crippen molar-refractivity contribution in [2.24, 2.45) is 20.5 Å². The van der Waals surface area contributed by atoms with Crippen molar-refractivity contribution >= 4 is 92.1 Å². The minimum Gasteiger partial charge on any atom is -0.505 e. The minimum atomic E-state index is -5.03. The largest absolute Gasteiger partial charge is 1.00 e. The van der Waals surface area contributed by atoms with Gasteiger partial charge in [-0.25, -0.2) is 4.79 Å². The third kappa shape index (κ3) is 9.18. The van der Waals surface area contributed by atoms with Crippen LogP contribution in [0.5, 0.6) is 11.5 Å². The molecule has 0 bridgehead atoms. The Balaban J connectivity index is 0.00000600. The van der Waals surface area contributed by atoms with Crippen LogP contribution >= 0.6 is 0 Å². The van der Waals surface area contributed by atoms with Gasteiger partial charge in [0.1, 0.15) is 21.2 Å². The van der Waals surface area contributed by atoms with Gasteiger partial charge in [-0.15, -0.1) is 10.2 Å². The maximum absolute atomic E-state index is 13.0. The molecule has 6 aromatic carbocycles. The molecule has 6 rings (SSSR count). The van der Waals surface area contributed by atoms with Crippen LogP contribution in [0.25, 0.3) is 21.5 Å². The molecular formula is C34H26N6NaO12S3+. The number of aryl methyl sites for hydroxylation is 1. The van der Waals surface area contributed by atoms with Crippen molar-refractivity contribution in [1.82, 2.24) is 0 Å². The van der Waals surface area contributed by atoms with Gasteiger partial charge in [-0.05, 0) is 102 Å². The van der Waals surface area contributed by atoms with E-state index < -0.39 is 73.9 Å². The number of fused-ring (bicyclic) bond motifs is 2. The normalized spacial score (nSPS) is 12.3. The van der Waals surface area contributed by atoms with Crippen LogP contribution in [-0.4, -0.2) is 55.2 Å². The molecule has 0 aliphatic rings. The van der Waals surface area contributed by atoms with E-state index in [-0.39, 0.29) is 73.7 Å². The van der Waals surface area contributed by atoms with Crippen LogP contribution in [0.2, 0.25) is 0 Å². The van der Waals surface area contributed by atoms with Gasteiger partial charge in [-0.2, -0.15) is 35.5 Å². The van der Waals surface area contributed by atoms with E-state index in [9.17, 15) is 53.9 Å². The van der Waals surface area contributed by atoms with E-state index in [1.165, 1.54) is 49.4 Å². The van der Waals surface area contributed by atoms with E-state index in [2.05, 4.69) is 31.1 Å². The number of benzene rings is 6. The number of carbonyl (C=O) groups is 1. The Hall–Kier alpha value is -5.36. The number of nitrogens with zero attached hydrogens (tertiary/aromatic N) is 4. The second kappa shape index (κ2) is 16.0. The minimum absolute atomic E-state index is 0. The second-order valence-corrected chi connectivity index (χ2v) is 15.9. The molecule has 0 saturated carbocycles. The number of urea groups is 1. The summed E-state index contributed by atoms with van der Waals surface area (Å²) in [6, 6.07) is 20.8. The van der Waals surface area contributed by atoms with Crippen LogP contribution in [-0.2, 0) is 30.4 Å². The summed E-state index contributed by atoms with van der Waals surface area (Å²) in [5.41, 5.74) is -0.306. The van der Waals surface area contributed by atoms with E-state index >= 15 is 0 Å². The number of rotatable bonds is 9. The van der Waals surface area contributed by atoms with Crippen molar-refractivity contribution in [3.8, 4) is 11.5 Å². The molecule has 0 heterocycles. The second-order valence-electron chi connectivity index (χ2n) is 11.7. The molecule has 22 heteroatoms. The van der Waals surface area contributed by atoms with Crippen LogP contribution in [0.4, 0.5) is 38.9 Å². The van der Waals surface area contributed by atoms with Crippen molar-refractivity contribution in [2.75, 3.05) is 10.6 Å². The Morgan fingerprint density at radius 1 is 0.571 bits per heavy atom. The molecule has 0 unspecified atom stereocenters. The maximum atomic E-state index is 13.0. The number of aromatic hydroxyl groups is 2. The first-order valence-corrected chi connectivity index (χ1v) is 19.7. The molecule has 0 fully saturated rings. The van der Waals surface area contributed by atoms with Crippen LogP contribution in [0.1, 0.15) is 5.56 Å². The summed E-state index contributed by atoms with van der Waals surface area (Å²) in [4.78, 5) is 11.0. The topological polar surface area (TPSA) is 294 Å². The van der Waals surface area contributed by atoms with E-state index in [1.807, 2.05) is 0 Å². The van der Waals surface area contributed by atoms with Crippen molar-refractivity contribution in [3.05, 3.63) is 103 Å². The van der Waals surface area contributed by atoms with E-state index in [1.54, 1.807) is 30.3 Å². The number of hydrogen-bond donors (Lipinski definition) is 7. The molecule has 2 amide bonds. The maximum Gasteiger partial charge on any atom is 1.00 e. The molecule has 0 aromatic heterocycles. The van der Waals surface area contributed by atoms with Gasteiger partial charge in [0.2, 0.25) is 0 Å². The molecule has 18 nitrogen and oxygen atoms in total. The number of azo groups is 2. The Kier molecular flexibility index (Phi) is 12.0. The summed E-state index contributed by atoms with van der Waals surface area (Å²) < 4.78 is 101. The number of amides is 2. The molecule has 0 atom stereocenters. The average Bonchev–Trinajstić information content (AvgIpc) is 3.10. The van der Waals surface area contributed by atoms with E-state index in [0.717, 1.165) is 24.3 Å². The number of carbonyl (C=O) groups excluding carboxylic acids is 1. The number of anilines is 2. The molecule has 0 radical (unpaired) electrons. The first kappa shape index (κ1) is 41.8. The van der Waals surface area contributed by atoms with Gasteiger partial charge >= 0.3 is 35.6 Å². The quantitative estimate of drug-likeness (QED) is 0.0580.